The van der Waals surface area contributed by atoms with Crippen LogP contribution < -0.4 is 4.90 Å². The van der Waals surface area contributed by atoms with E-state index in [0.717, 1.165) is 5.69 Å². The molecule has 1 aliphatic rings. The number of rotatable bonds is 1. The van der Waals surface area contributed by atoms with E-state index >= 15 is 0 Å². The monoisotopic (exact) mass is 213 g/mol. The summed E-state index contributed by atoms with van der Waals surface area (Å²) in [6.07, 6.45) is 0.549. The van der Waals surface area contributed by atoms with Crippen LogP contribution in [0.3, 0.4) is 0 Å². The molecule has 2 nitrogen and oxygen atoms in total. The van der Waals surface area contributed by atoms with Crippen molar-refractivity contribution in [3.63, 3.8) is 0 Å². The Balaban J connectivity index is 2.28. The Morgan fingerprint density at radius 2 is 2.21 bits per heavy atom. The van der Waals surface area contributed by atoms with Crippen LogP contribution in [0, 0.1) is 5.82 Å². The van der Waals surface area contributed by atoms with Gasteiger partial charge in [-0.3, -0.25) is 4.79 Å². The number of hydrogen-bond acceptors (Lipinski definition) is 2. The van der Waals surface area contributed by atoms with E-state index in [9.17, 15) is 9.18 Å². The minimum atomic E-state index is -0.357. The SMILES string of the molecule is O=C1CCN(c2ccc(F)cc2Cl)C1. The zero-order valence-corrected chi connectivity index (χ0v) is 8.22. The summed E-state index contributed by atoms with van der Waals surface area (Å²) in [5.41, 5.74) is 0.735. The number of Topliss-reactive ketones (excluding diaryl/α,β-unsaturated/α-hetero) is 1. The predicted molar refractivity (Wildman–Crippen MR) is 53.2 cm³/mol. The van der Waals surface area contributed by atoms with Gasteiger partial charge in [0.25, 0.3) is 0 Å². The lowest BCUT2D eigenvalue weighted by molar-refractivity contribution is -0.116. The van der Waals surface area contributed by atoms with Gasteiger partial charge in [-0.2, -0.15) is 0 Å². The Bertz CT molecular complexity index is 380. The first-order valence-electron chi connectivity index (χ1n) is 4.38. The van der Waals surface area contributed by atoms with Crippen molar-refractivity contribution >= 4 is 23.1 Å². The highest BCUT2D eigenvalue weighted by molar-refractivity contribution is 6.33. The van der Waals surface area contributed by atoms with Crippen molar-refractivity contribution in [3.8, 4) is 0 Å². The summed E-state index contributed by atoms with van der Waals surface area (Å²) in [7, 11) is 0. The first kappa shape index (κ1) is 9.46. The molecule has 4 heteroatoms. The van der Waals surface area contributed by atoms with E-state index in [1.165, 1.54) is 12.1 Å². The fourth-order valence-corrected chi connectivity index (χ4v) is 1.86. The molecule has 0 amide bonds. The lowest BCUT2D eigenvalue weighted by Gasteiger charge is -2.17. The van der Waals surface area contributed by atoms with Gasteiger partial charge in [0, 0.05) is 13.0 Å². The average molecular weight is 214 g/mol. The lowest BCUT2D eigenvalue weighted by Crippen LogP contribution is -2.19. The first-order valence-corrected chi connectivity index (χ1v) is 4.76. The maximum absolute atomic E-state index is 12.7. The van der Waals surface area contributed by atoms with E-state index in [1.807, 2.05) is 4.90 Å². The summed E-state index contributed by atoms with van der Waals surface area (Å²) in [4.78, 5) is 12.9. The van der Waals surface area contributed by atoms with Crippen LogP contribution in [-0.2, 0) is 4.79 Å². The van der Waals surface area contributed by atoms with Gasteiger partial charge in [0.1, 0.15) is 5.82 Å². The average Bonchev–Trinajstić information content (AvgIpc) is 2.51. The molecule has 2 rings (SSSR count). The highest BCUT2D eigenvalue weighted by Crippen LogP contribution is 2.28. The Kier molecular flexibility index (Phi) is 2.42. The zero-order chi connectivity index (χ0) is 10.1. The molecule has 1 aromatic carbocycles. The van der Waals surface area contributed by atoms with E-state index in [-0.39, 0.29) is 11.6 Å². The molecule has 0 saturated carbocycles. The van der Waals surface area contributed by atoms with Crippen molar-refractivity contribution in [2.45, 2.75) is 6.42 Å². The van der Waals surface area contributed by atoms with Crippen LogP contribution in [0.2, 0.25) is 5.02 Å². The van der Waals surface area contributed by atoms with E-state index in [2.05, 4.69) is 0 Å². The van der Waals surface area contributed by atoms with Crippen molar-refractivity contribution in [2.24, 2.45) is 0 Å². The summed E-state index contributed by atoms with van der Waals surface area (Å²) < 4.78 is 12.7. The fraction of sp³-hybridized carbons (Fsp3) is 0.300. The van der Waals surface area contributed by atoms with Crippen LogP contribution in [0.1, 0.15) is 6.42 Å². The smallest absolute Gasteiger partial charge is 0.153 e. The Labute approximate surface area is 86.3 Å². The first-order chi connectivity index (χ1) is 6.66. The van der Waals surface area contributed by atoms with Gasteiger partial charge in [-0.05, 0) is 18.2 Å². The minimum absolute atomic E-state index is 0.199. The lowest BCUT2D eigenvalue weighted by atomic mass is 10.3. The van der Waals surface area contributed by atoms with Crippen molar-refractivity contribution in [1.29, 1.82) is 0 Å². The Hall–Kier alpha value is -1.09. The third kappa shape index (κ3) is 1.73. The molecule has 0 unspecified atom stereocenters. The summed E-state index contributed by atoms with van der Waals surface area (Å²) in [6.45, 7) is 1.05. The summed E-state index contributed by atoms with van der Waals surface area (Å²) in [6, 6.07) is 4.22. The Morgan fingerprint density at radius 3 is 2.79 bits per heavy atom. The van der Waals surface area contributed by atoms with Crippen LogP contribution in [0.15, 0.2) is 18.2 Å². The van der Waals surface area contributed by atoms with Gasteiger partial charge in [-0.1, -0.05) is 11.6 Å². The van der Waals surface area contributed by atoms with Crippen molar-refractivity contribution in [2.75, 3.05) is 18.0 Å². The molecule has 0 radical (unpaired) electrons. The number of benzene rings is 1. The van der Waals surface area contributed by atoms with Gasteiger partial charge in [-0.15, -0.1) is 0 Å². The standard InChI is InChI=1S/C10H9ClFNO/c11-9-5-7(12)1-2-10(9)13-4-3-8(14)6-13/h1-2,5H,3-4,6H2. The number of anilines is 1. The van der Waals surface area contributed by atoms with E-state index in [1.54, 1.807) is 6.07 Å². The third-order valence-corrected chi connectivity index (χ3v) is 2.58. The van der Waals surface area contributed by atoms with Gasteiger partial charge < -0.3 is 4.90 Å². The molecule has 1 aromatic rings. The van der Waals surface area contributed by atoms with Crippen molar-refractivity contribution < 1.29 is 9.18 Å². The number of carbonyl (C=O) groups excluding carboxylic acids is 1. The van der Waals surface area contributed by atoms with Gasteiger partial charge in [0.2, 0.25) is 0 Å². The van der Waals surface area contributed by atoms with Crippen LogP contribution in [0.4, 0.5) is 10.1 Å². The molecule has 14 heavy (non-hydrogen) atoms. The number of ketones is 1. The second kappa shape index (κ2) is 3.58. The number of halogens is 2. The molecule has 1 aliphatic heterocycles. The maximum Gasteiger partial charge on any atom is 0.153 e. The highest BCUT2D eigenvalue weighted by atomic mass is 35.5. The zero-order valence-electron chi connectivity index (χ0n) is 7.46. The van der Waals surface area contributed by atoms with Crippen LogP contribution in [-0.4, -0.2) is 18.9 Å². The van der Waals surface area contributed by atoms with E-state index in [4.69, 9.17) is 11.6 Å². The molecule has 0 atom stereocenters. The fourth-order valence-electron chi connectivity index (χ4n) is 1.57. The molecular weight excluding hydrogens is 205 g/mol. The molecule has 0 aromatic heterocycles. The largest absolute Gasteiger partial charge is 0.363 e. The molecule has 1 saturated heterocycles. The van der Waals surface area contributed by atoms with Crippen LogP contribution in [0.25, 0.3) is 0 Å². The van der Waals surface area contributed by atoms with Crippen LogP contribution >= 0.6 is 11.6 Å². The van der Waals surface area contributed by atoms with Crippen molar-refractivity contribution in [1.82, 2.24) is 0 Å². The number of nitrogens with zero attached hydrogens (tertiary/aromatic N) is 1. The van der Waals surface area contributed by atoms with E-state index < -0.39 is 0 Å². The highest BCUT2D eigenvalue weighted by Gasteiger charge is 2.21. The normalized spacial score (nSPS) is 16.4. The summed E-state index contributed by atoms with van der Waals surface area (Å²) in [5.74, 6) is -0.158. The van der Waals surface area contributed by atoms with Gasteiger partial charge in [0.15, 0.2) is 5.78 Å². The predicted octanol–water partition coefficient (Wildman–Crippen LogP) is 2.26. The minimum Gasteiger partial charge on any atom is -0.363 e. The number of carbonyl (C=O) groups is 1. The van der Waals surface area contributed by atoms with Crippen molar-refractivity contribution in [3.05, 3.63) is 29.0 Å². The Morgan fingerprint density at radius 1 is 1.43 bits per heavy atom. The maximum atomic E-state index is 12.7. The quantitative estimate of drug-likeness (QED) is 0.713. The van der Waals surface area contributed by atoms with Gasteiger partial charge in [0.05, 0.1) is 17.3 Å². The second-order valence-corrected chi connectivity index (χ2v) is 3.71. The van der Waals surface area contributed by atoms with Gasteiger partial charge in [-0.25, -0.2) is 4.39 Å². The molecule has 74 valence electrons. The molecule has 1 heterocycles. The molecule has 0 aliphatic carbocycles. The van der Waals surface area contributed by atoms with Gasteiger partial charge >= 0.3 is 0 Å². The second-order valence-electron chi connectivity index (χ2n) is 3.31. The molecule has 0 N–H and O–H groups in total. The summed E-state index contributed by atoms with van der Waals surface area (Å²) >= 11 is 5.86. The molecule has 0 spiro atoms. The number of hydrogen-bond donors (Lipinski definition) is 0. The molecular formula is C10H9ClFNO. The molecule has 0 bridgehead atoms. The summed E-state index contributed by atoms with van der Waals surface area (Å²) in [5, 5.41) is 0.361. The van der Waals surface area contributed by atoms with E-state index in [0.29, 0.717) is 24.5 Å². The topological polar surface area (TPSA) is 20.3 Å². The molecule has 1 fully saturated rings. The third-order valence-electron chi connectivity index (χ3n) is 2.28. The van der Waals surface area contributed by atoms with Crippen LogP contribution in [0.5, 0.6) is 0 Å².